The van der Waals surface area contributed by atoms with Gasteiger partial charge in [0.15, 0.2) is 0 Å². The molecule has 240 valence electrons. The first-order valence-electron chi connectivity index (χ1n) is 14.3. The summed E-state index contributed by atoms with van der Waals surface area (Å²) < 4.78 is 74.1. The highest BCUT2D eigenvalue weighted by atomic mass is 32.2. The lowest BCUT2D eigenvalue weighted by molar-refractivity contribution is -0.120. The molecule has 4 nitrogen and oxygen atoms in total. The monoisotopic (exact) mass is 674 g/mol. The molecule has 4 aromatic carbocycles. The van der Waals surface area contributed by atoms with Crippen molar-refractivity contribution in [3.05, 3.63) is 108 Å². The van der Waals surface area contributed by atoms with Gasteiger partial charge in [-0.15, -0.1) is 0 Å². The number of alkyl halides is 6. The molecule has 6 rings (SSSR count). The highest BCUT2D eigenvalue weighted by molar-refractivity contribution is 8.00. The van der Waals surface area contributed by atoms with Gasteiger partial charge in [0.1, 0.15) is 0 Å². The molecule has 2 amide bonds. The van der Waals surface area contributed by atoms with Crippen LogP contribution in [-0.2, 0) is 9.59 Å². The number of amides is 2. The predicted octanol–water partition coefficient (Wildman–Crippen LogP) is 9.83. The van der Waals surface area contributed by atoms with Gasteiger partial charge in [0, 0.05) is 22.6 Å². The maximum Gasteiger partial charge on any atom is 0.446 e. The van der Waals surface area contributed by atoms with E-state index in [0.29, 0.717) is 12.8 Å². The smallest absolute Gasteiger partial charge is 0.349 e. The van der Waals surface area contributed by atoms with E-state index in [1.807, 2.05) is 48.5 Å². The fourth-order valence-corrected chi connectivity index (χ4v) is 6.45. The minimum Gasteiger partial charge on any atom is -0.349 e. The van der Waals surface area contributed by atoms with Gasteiger partial charge in [-0.2, -0.15) is 26.3 Å². The molecule has 0 aromatic heterocycles. The molecule has 12 heteroatoms. The molecular formula is C34H28F6N2O2S2. The average Bonchev–Trinajstić information content (AvgIpc) is 3.65. The molecule has 4 aromatic rings. The summed E-state index contributed by atoms with van der Waals surface area (Å²) in [4.78, 5) is 23.0. The Kier molecular flexibility index (Phi) is 10.4. The number of hydrogen-bond acceptors (Lipinski definition) is 4. The van der Waals surface area contributed by atoms with Crippen LogP contribution in [0.2, 0.25) is 0 Å². The first-order chi connectivity index (χ1) is 21.8. The van der Waals surface area contributed by atoms with Crippen molar-refractivity contribution >= 4 is 35.3 Å². The lowest BCUT2D eigenvalue weighted by Crippen LogP contribution is -2.18. The molecule has 0 spiro atoms. The third-order valence-electron chi connectivity index (χ3n) is 7.46. The molecule has 46 heavy (non-hydrogen) atoms. The van der Waals surface area contributed by atoms with Gasteiger partial charge in [-0.1, -0.05) is 72.8 Å². The Morgan fingerprint density at radius 3 is 1.43 bits per heavy atom. The van der Waals surface area contributed by atoms with Crippen molar-refractivity contribution < 1.29 is 35.9 Å². The Morgan fingerprint density at radius 2 is 0.978 bits per heavy atom. The Labute approximate surface area is 270 Å². The normalized spacial score (nSPS) is 18.0. The van der Waals surface area contributed by atoms with E-state index in [-0.39, 0.29) is 57.2 Å². The van der Waals surface area contributed by atoms with Crippen LogP contribution in [0.5, 0.6) is 0 Å². The van der Waals surface area contributed by atoms with Crippen LogP contribution < -0.4 is 10.6 Å². The average molecular weight is 675 g/mol. The maximum absolute atomic E-state index is 12.4. The van der Waals surface area contributed by atoms with Crippen molar-refractivity contribution in [1.82, 2.24) is 10.6 Å². The van der Waals surface area contributed by atoms with E-state index in [2.05, 4.69) is 10.6 Å². The fourth-order valence-electron chi connectivity index (χ4n) is 5.37. The van der Waals surface area contributed by atoms with Crippen LogP contribution >= 0.6 is 23.5 Å². The predicted molar refractivity (Wildman–Crippen MR) is 168 cm³/mol. The third kappa shape index (κ3) is 9.32. The van der Waals surface area contributed by atoms with Crippen LogP contribution in [0.25, 0.3) is 22.3 Å². The summed E-state index contributed by atoms with van der Waals surface area (Å²) in [7, 11) is 0. The lowest BCUT2D eigenvalue weighted by atomic mass is 9.94. The number of benzene rings is 4. The van der Waals surface area contributed by atoms with E-state index < -0.39 is 11.0 Å². The number of nitrogens with one attached hydrogen (secondary N) is 2. The topological polar surface area (TPSA) is 58.2 Å². The molecular weight excluding hydrogens is 647 g/mol. The molecule has 0 radical (unpaired) electrons. The van der Waals surface area contributed by atoms with E-state index in [9.17, 15) is 35.9 Å². The molecule has 0 aliphatic carbocycles. The SMILES string of the molecule is O=C1CCC(c2ccc(-c3ccc(SC(F)(F)F)cc3)cc2)N1.O=C1CCC(c2ccccc2-c2ccc(SC(F)(F)F)cc2)N1. The minimum absolute atomic E-state index is 0.0294. The Bertz CT molecular complexity index is 1660. The van der Waals surface area contributed by atoms with Gasteiger partial charge in [0.2, 0.25) is 11.8 Å². The zero-order chi connectivity index (χ0) is 32.9. The second-order valence-corrected chi connectivity index (χ2v) is 12.9. The summed E-state index contributed by atoms with van der Waals surface area (Å²) in [6.07, 6.45) is 2.57. The summed E-state index contributed by atoms with van der Waals surface area (Å²) in [6.45, 7) is 0. The van der Waals surface area contributed by atoms with Crippen molar-refractivity contribution in [3.63, 3.8) is 0 Å². The molecule has 2 heterocycles. The zero-order valence-corrected chi connectivity index (χ0v) is 25.8. The number of carbonyl (C=O) groups is 2. The van der Waals surface area contributed by atoms with Gasteiger partial charge < -0.3 is 10.6 Å². The molecule has 2 aliphatic rings. The van der Waals surface area contributed by atoms with E-state index in [1.165, 1.54) is 24.3 Å². The summed E-state index contributed by atoms with van der Waals surface area (Å²) in [5, 5.41) is 5.84. The summed E-state index contributed by atoms with van der Waals surface area (Å²) in [5.41, 5.74) is -2.95. The molecule has 2 unspecified atom stereocenters. The van der Waals surface area contributed by atoms with Crippen LogP contribution in [0, 0.1) is 0 Å². The van der Waals surface area contributed by atoms with Gasteiger partial charge in [-0.05, 0) is 94.0 Å². The molecule has 0 bridgehead atoms. The molecule has 2 fully saturated rings. The van der Waals surface area contributed by atoms with E-state index >= 15 is 0 Å². The van der Waals surface area contributed by atoms with Crippen LogP contribution in [0.4, 0.5) is 26.3 Å². The minimum atomic E-state index is -4.28. The molecule has 2 atom stereocenters. The number of halogens is 6. The Morgan fingerprint density at radius 1 is 0.543 bits per heavy atom. The fraction of sp³-hybridized carbons (Fsp3) is 0.235. The van der Waals surface area contributed by atoms with Crippen molar-refractivity contribution in [2.45, 2.75) is 58.6 Å². The van der Waals surface area contributed by atoms with E-state index in [1.54, 1.807) is 24.3 Å². The second-order valence-electron chi connectivity index (χ2n) is 10.7. The first kappa shape index (κ1) is 33.5. The van der Waals surface area contributed by atoms with E-state index in [0.717, 1.165) is 46.2 Å². The van der Waals surface area contributed by atoms with Crippen molar-refractivity contribution in [1.29, 1.82) is 0 Å². The Balaban J connectivity index is 0.000000181. The van der Waals surface area contributed by atoms with Gasteiger partial charge in [0.25, 0.3) is 0 Å². The van der Waals surface area contributed by atoms with Crippen LogP contribution in [-0.4, -0.2) is 22.8 Å². The number of carbonyl (C=O) groups excluding carboxylic acids is 2. The zero-order valence-electron chi connectivity index (χ0n) is 24.1. The van der Waals surface area contributed by atoms with Crippen molar-refractivity contribution in [2.24, 2.45) is 0 Å². The summed E-state index contributed by atoms with van der Waals surface area (Å²) >= 11 is -0.239. The number of hydrogen-bond donors (Lipinski definition) is 2. The molecule has 2 N–H and O–H groups in total. The van der Waals surface area contributed by atoms with Crippen LogP contribution in [0.3, 0.4) is 0 Å². The largest absolute Gasteiger partial charge is 0.446 e. The van der Waals surface area contributed by atoms with Gasteiger partial charge in [-0.3, -0.25) is 9.59 Å². The van der Waals surface area contributed by atoms with Crippen molar-refractivity contribution in [3.8, 4) is 22.3 Å². The summed E-state index contributed by atoms with van der Waals surface area (Å²) in [6, 6.07) is 28.0. The lowest BCUT2D eigenvalue weighted by Gasteiger charge is -2.16. The molecule has 2 saturated heterocycles. The van der Waals surface area contributed by atoms with E-state index in [4.69, 9.17) is 0 Å². The highest BCUT2D eigenvalue weighted by Gasteiger charge is 2.30. The standard InChI is InChI=1S/2C17H14F3NOS/c18-17(19,20)23-14-7-5-12(6-8-14)11-1-3-13(4-2-11)15-9-10-16(22)21-15;18-17(19,20)23-12-7-5-11(6-8-12)13-3-1-2-4-14(13)15-9-10-16(22)21-15/h2*1-8,15H,9-10H2,(H,21,22). The summed E-state index contributed by atoms with van der Waals surface area (Å²) in [5.74, 6) is 0.0959. The third-order valence-corrected chi connectivity index (χ3v) is 8.94. The number of thioether (sulfide) groups is 2. The van der Waals surface area contributed by atoms with Crippen LogP contribution in [0.1, 0.15) is 48.9 Å². The second kappa shape index (κ2) is 14.3. The highest BCUT2D eigenvalue weighted by Crippen LogP contribution is 2.39. The van der Waals surface area contributed by atoms with Gasteiger partial charge in [0.05, 0.1) is 12.1 Å². The van der Waals surface area contributed by atoms with Gasteiger partial charge in [-0.25, -0.2) is 0 Å². The number of rotatable bonds is 6. The molecule has 2 aliphatic heterocycles. The van der Waals surface area contributed by atoms with Gasteiger partial charge >= 0.3 is 11.0 Å². The van der Waals surface area contributed by atoms with Crippen molar-refractivity contribution in [2.75, 3.05) is 0 Å². The first-order valence-corrected chi connectivity index (χ1v) is 16.0. The molecule has 0 saturated carbocycles. The van der Waals surface area contributed by atoms with Crippen LogP contribution in [0.15, 0.2) is 107 Å². The Hall–Kier alpha value is -3.90. The maximum atomic E-state index is 12.4. The quantitative estimate of drug-likeness (QED) is 0.158.